The van der Waals surface area contributed by atoms with Gasteiger partial charge in [0.25, 0.3) is 0 Å². The average Bonchev–Trinajstić information content (AvgIpc) is 3.52. The van der Waals surface area contributed by atoms with E-state index in [-0.39, 0.29) is 6.79 Å². The monoisotopic (exact) mass is 442 g/mol. The minimum absolute atomic E-state index is 0.0993. The van der Waals surface area contributed by atoms with Crippen molar-refractivity contribution >= 4 is 11.9 Å². The molecule has 4 atom stereocenters. The van der Waals surface area contributed by atoms with Crippen molar-refractivity contribution in [3.8, 4) is 23.0 Å². The van der Waals surface area contributed by atoms with Gasteiger partial charge in [0.05, 0.1) is 34.5 Å². The summed E-state index contributed by atoms with van der Waals surface area (Å²) in [5.41, 5.74) is 0.705. The summed E-state index contributed by atoms with van der Waals surface area (Å²) in [6.45, 7) is 0.0993. The molecule has 0 spiro atoms. The van der Waals surface area contributed by atoms with Crippen LogP contribution in [0.15, 0.2) is 30.3 Å². The highest BCUT2D eigenvalue weighted by molar-refractivity contribution is 5.87. The molecule has 2 unspecified atom stereocenters. The van der Waals surface area contributed by atoms with Gasteiger partial charge in [0.2, 0.25) is 6.79 Å². The fourth-order valence-electron chi connectivity index (χ4n) is 5.08. The molecular formula is C23H22O9. The van der Waals surface area contributed by atoms with Crippen LogP contribution in [0.3, 0.4) is 0 Å². The maximum absolute atomic E-state index is 13.1. The van der Waals surface area contributed by atoms with Gasteiger partial charge in [-0.3, -0.25) is 9.59 Å². The zero-order chi connectivity index (χ0) is 22.6. The lowest BCUT2D eigenvalue weighted by Crippen LogP contribution is -2.45. The number of carbonyl (C=O) groups is 2. The number of ether oxygens (including phenoxy) is 7. The molecule has 0 N–H and O–H groups in total. The second-order valence-corrected chi connectivity index (χ2v) is 7.69. The van der Waals surface area contributed by atoms with Crippen LogP contribution in [-0.4, -0.2) is 47.2 Å². The molecule has 9 nitrogen and oxygen atoms in total. The van der Waals surface area contributed by atoms with Crippen LogP contribution < -0.4 is 18.9 Å². The van der Waals surface area contributed by atoms with E-state index in [1.165, 1.54) is 28.4 Å². The van der Waals surface area contributed by atoms with Crippen molar-refractivity contribution in [1.29, 1.82) is 0 Å². The van der Waals surface area contributed by atoms with Gasteiger partial charge in [-0.05, 0) is 41.0 Å². The largest absolute Gasteiger partial charge is 0.493 e. The van der Waals surface area contributed by atoms with Crippen molar-refractivity contribution in [2.24, 2.45) is 11.8 Å². The Kier molecular flexibility index (Phi) is 4.67. The summed E-state index contributed by atoms with van der Waals surface area (Å²) in [6, 6.07) is 8.87. The zero-order valence-corrected chi connectivity index (χ0v) is 18.0. The van der Waals surface area contributed by atoms with Crippen LogP contribution in [0.4, 0.5) is 0 Å². The van der Waals surface area contributed by atoms with Crippen LogP contribution in [0.25, 0.3) is 0 Å². The number of hydrogen-bond acceptors (Lipinski definition) is 9. The highest BCUT2D eigenvalue weighted by Crippen LogP contribution is 2.65. The molecule has 0 saturated carbocycles. The summed E-state index contributed by atoms with van der Waals surface area (Å²) >= 11 is 0. The van der Waals surface area contributed by atoms with Crippen LogP contribution >= 0.6 is 0 Å². The second-order valence-electron chi connectivity index (χ2n) is 7.69. The third-order valence-corrected chi connectivity index (χ3v) is 6.43. The quantitative estimate of drug-likeness (QED) is 0.646. The summed E-state index contributed by atoms with van der Waals surface area (Å²) in [6.07, 6.45) is -0.744. The van der Waals surface area contributed by atoms with Crippen molar-refractivity contribution in [3.05, 3.63) is 47.0 Å². The predicted molar refractivity (Wildman–Crippen MR) is 108 cm³/mol. The first-order chi connectivity index (χ1) is 15.5. The third-order valence-electron chi connectivity index (χ3n) is 6.43. The number of methoxy groups -OCH3 is 4. The normalized spacial score (nSPS) is 26.4. The molecule has 2 aromatic rings. The molecule has 2 bridgehead atoms. The number of carbonyl (C=O) groups excluding carboxylic acids is 2. The summed E-state index contributed by atoms with van der Waals surface area (Å²) in [4.78, 5) is 26.0. The highest BCUT2D eigenvalue weighted by atomic mass is 16.7. The molecule has 5 rings (SSSR count). The fourth-order valence-corrected chi connectivity index (χ4v) is 5.08. The molecule has 3 heterocycles. The topological polar surface area (TPSA) is 98.8 Å². The number of esters is 2. The first kappa shape index (κ1) is 20.4. The lowest BCUT2D eigenvalue weighted by molar-refractivity contribution is -0.158. The van der Waals surface area contributed by atoms with E-state index in [0.717, 1.165) is 5.56 Å². The first-order valence-electron chi connectivity index (χ1n) is 10.00. The Hall–Kier alpha value is -3.46. The zero-order valence-electron chi connectivity index (χ0n) is 18.0. The lowest BCUT2D eigenvalue weighted by Gasteiger charge is -2.36. The van der Waals surface area contributed by atoms with Gasteiger partial charge in [-0.15, -0.1) is 0 Å². The standard InChI is InChI=1S/C23H22O9/c1-26-15-8-12-13(9-16(15)27-2)23(11-5-6-14-17(7-11)31-10-30-14)19(22(25)29-4)18(20(12)32-23)21(24)28-3/h5-9,18-20H,10H2,1-4H3/t18?,19?,20-,23+/m1/s1. The van der Waals surface area contributed by atoms with Crippen LogP contribution in [0.5, 0.6) is 23.0 Å². The van der Waals surface area contributed by atoms with Gasteiger partial charge in [0, 0.05) is 0 Å². The molecule has 0 amide bonds. The number of rotatable bonds is 5. The Morgan fingerprint density at radius 2 is 1.59 bits per heavy atom. The van der Waals surface area contributed by atoms with E-state index in [2.05, 4.69) is 0 Å². The van der Waals surface area contributed by atoms with Crippen LogP contribution in [0.2, 0.25) is 0 Å². The van der Waals surface area contributed by atoms with Gasteiger partial charge in [0.15, 0.2) is 23.0 Å². The van der Waals surface area contributed by atoms with E-state index in [4.69, 9.17) is 33.2 Å². The Bertz CT molecular complexity index is 1110. The van der Waals surface area contributed by atoms with Crippen molar-refractivity contribution in [2.75, 3.05) is 35.2 Å². The third kappa shape index (κ3) is 2.54. The predicted octanol–water partition coefficient (Wildman–Crippen LogP) is 2.34. The molecular weight excluding hydrogens is 420 g/mol. The molecule has 0 aromatic heterocycles. The number of fused-ring (bicyclic) bond motifs is 6. The Morgan fingerprint density at radius 1 is 0.906 bits per heavy atom. The maximum Gasteiger partial charge on any atom is 0.313 e. The van der Waals surface area contributed by atoms with E-state index >= 15 is 0 Å². The van der Waals surface area contributed by atoms with Gasteiger partial charge < -0.3 is 33.2 Å². The van der Waals surface area contributed by atoms with Crippen LogP contribution in [-0.2, 0) is 29.4 Å². The SMILES string of the molecule is COC(=O)C1C(C(=O)OC)[C@@]2(c3ccc4c(c3)OCO4)O[C@@H]1c1cc(OC)c(OC)cc12. The smallest absolute Gasteiger partial charge is 0.313 e. The van der Waals surface area contributed by atoms with E-state index in [1.807, 2.05) is 0 Å². The van der Waals surface area contributed by atoms with Gasteiger partial charge in [-0.25, -0.2) is 0 Å². The maximum atomic E-state index is 13.1. The van der Waals surface area contributed by atoms with E-state index in [0.29, 0.717) is 34.1 Å². The minimum Gasteiger partial charge on any atom is -0.493 e. The van der Waals surface area contributed by atoms with Crippen molar-refractivity contribution in [3.63, 3.8) is 0 Å². The Labute approximate surface area is 184 Å². The Morgan fingerprint density at radius 3 is 2.28 bits per heavy atom. The minimum atomic E-state index is -1.33. The summed E-state index contributed by atoms with van der Waals surface area (Å²) in [5.74, 6) is -0.975. The summed E-state index contributed by atoms with van der Waals surface area (Å²) < 4.78 is 38.7. The molecule has 168 valence electrons. The van der Waals surface area contributed by atoms with Crippen LogP contribution in [0, 0.1) is 11.8 Å². The summed E-state index contributed by atoms with van der Waals surface area (Å²) in [5, 5.41) is 0. The van der Waals surface area contributed by atoms with E-state index < -0.39 is 35.5 Å². The Balaban J connectivity index is 1.80. The number of hydrogen-bond donors (Lipinski definition) is 0. The van der Waals surface area contributed by atoms with Crippen molar-refractivity contribution in [1.82, 2.24) is 0 Å². The molecule has 32 heavy (non-hydrogen) atoms. The second kappa shape index (κ2) is 7.30. The molecule has 3 aliphatic rings. The summed E-state index contributed by atoms with van der Waals surface area (Å²) in [7, 11) is 5.62. The fraction of sp³-hybridized carbons (Fsp3) is 0.391. The lowest BCUT2D eigenvalue weighted by atomic mass is 9.65. The molecule has 3 aliphatic heterocycles. The molecule has 1 fully saturated rings. The molecule has 1 saturated heterocycles. The van der Waals surface area contributed by atoms with Crippen molar-refractivity contribution < 1.29 is 42.7 Å². The van der Waals surface area contributed by atoms with E-state index in [9.17, 15) is 9.59 Å². The van der Waals surface area contributed by atoms with Crippen LogP contribution in [0.1, 0.15) is 22.8 Å². The van der Waals surface area contributed by atoms with Gasteiger partial charge >= 0.3 is 11.9 Å². The number of benzene rings is 2. The average molecular weight is 442 g/mol. The van der Waals surface area contributed by atoms with E-state index in [1.54, 1.807) is 30.3 Å². The van der Waals surface area contributed by atoms with Crippen molar-refractivity contribution in [2.45, 2.75) is 11.7 Å². The molecule has 0 radical (unpaired) electrons. The molecule has 2 aromatic carbocycles. The van der Waals surface area contributed by atoms with Gasteiger partial charge in [0.1, 0.15) is 17.4 Å². The molecule has 0 aliphatic carbocycles. The van der Waals surface area contributed by atoms with Gasteiger partial charge in [-0.1, -0.05) is 6.07 Å². The highest BCUT2D eigenvalue weighted by Gasteiger charge is 2.69. The first-order valence-corrected chi connectivity index (χ1v) is 10.00. The molecule has 9 heteroatoms. The van der Waals surface area contributed by atoms with Gasteiger partial charge in [-0.2, -0.15) is 0 Å².